The number of benzene rings is 2. The Kier molecular flexibility index (Phi) is 5.84. The lowest BCUT2D eigenvalue weighted by Gasteiger charge is -2.39. The second-order valence-corrected chi connectivity index (χ2v) is 6.96. The van der Waals surface area contributed by atoms with Gasteiger partial charge in [0.1, 0.15) is 11.5 Å². The minimum absolute atomic E-state index is 0.146. The zero-order valence-electron chi connectivity index (χ0n) is 14.7. The second kappa shape index (κ2) is 8.09. The number of piperidine rings is 1. The Hall–Kier alpha value is -1.75. The summed E-state index contributed by atoms with van der Waals surface area (Å²) in [4.78, 5) is 0. The lowest BCUT2D eigenvalue weighted by Crippen LogP contribution is -2.44. The molecule has 2 aromatic carbocycles. The molecule has 2 N–H and O–H groups in total. The van der Waals surface area contributed by atoms with Gasteiger partial charge < -0.3 is 9.47 Å². The third kappa shape index (κ3) is 4.09. The summed E-state index contributed by atoms with van der Waals surface area (Å²) in [6.07, 6.45) is 3.08. The Balaban J connectivity index is 1.91. The molecule has 2 atom stereocenters. The Bertz CT molecular complexity index is 723. The number of hydrogen-bond acceptors (Lipinski definition) is 4. The van der Waals surface area contributed by atoms with Gasteiger partial charge in [0.25, 0.3) is 0 Å². The monoisotopic (exact) mass is 360 g/mol. The molecule has 25 heavy (non-hydrogen) atoms. The molecule has 0 aliphatic carbocycles. The molecule has 5 heteroatoms. The maximum atomic E-state index is 6.38. The van der Waals surface area contributed by atoms with Crippen LogP contribution in [0.3, 0.4) is 0 Å². The van der Waals surface area contributed by atoms with E-state index in [0.717, 1.165) is 47.9 Å². The molecule has 1 saturated heterocycles. The first kappa shape index (κ1) is 18.1. The standard InChI is InChI=1S/C20H25ClN2O2/c1-24-18-7-3-5-15(13-18)20-14(6-4-10-23(20)22)11-16-12-17(21)8-9-19(16)25-2/h3,5,7-9,12-14,20H,4,6,10-11,22H2,1-2H3/t14-,20-/m0/s1. The largest absolute Gasteiger partial charge is 0.497 e. The van der Waals surface area contributed by atoms with Gasteiger partial charge >= 0.3 is 0 Å². The molecular formula is C20H25ClN2O2. The first-order chi connectivity index (χ1) is 12.1. The Labute approximate surface area is 154 Å². The van der Waals surface area contributed by atoms with Gasteiger partial charge in [0.15, 0.2) is 0 Å². The normalized spacial score (nSPS) is 21.1. The number of nitrogens with two attached hydrogens (primary N) is 1. The van der Waals surface area contributed by atoms with Crippen molar-refractivity contribution >= 4 is 11.6 Å². The Morgan fingerprint density at radius 2 is 2.00 bits per heavy atom. The molecule has 4 nitrogen and oxygen atoms in total. The topological polar surface area (TPSA) is 47.7 Å². The summed E-state index contributed by atoms with van der Waals surface area (Å²) in [5.74, 6) is 8.50. The van der Waals surface area contributed by atoms with Crippen LogP contribution in [0.1, 0.15) is 30.0 Å². The first-order valence-corrected chi connectivity index (χ1v) is 8.98. The summed E-state index contributed by atoms with van der Waals surface area (Å²) in [5, 5.41) is 2.69. The molecule has 1 aliphatic heterocycles. The summed E-state index contributed by atoms with van der Waals surface area (Å²) < 4.78 is 10.9. The average Bonchev–Trinajstić information content (AvgIpc) is 2.62. The van der Waals surface area contributed by atoms with E-state index >= 15 is 0 Å². The molecule has 0 radical (unpaired) electrons. The van der Waals surface area contributed by atoms with Gasteiger partial charge in [-0.2, -0.15) is 0 Å². The number of rotatable bonds is 5. The Morgan fingerprint density at radius 3 is 2.76 bits per heavy atom. The highest BCUT2D eigenvalue weighted by atomic mass is 35.5. The van der Waals surface area contributed by atoms with Crippen LogP contribution in [-0.4, -0.2) is 25.8 Å². The lowest BCUT2D eigenvalue weighted by molar-refractivity contribution is 0.0921. The number of hydrogen-bond donors (Lipinski definition) is 1. The number of nitrogens with zero attached hydrogens (tertiary/aromatic N) is 1. The molecule has 1 aliphatic rings. The van der Waals surface area contributed by atoms with Gasteiger partial charge in [-0.25, -0.2) is 5.01 Å². The number of hydrazine groups is 1. The van der Waals surface area contributed by atoms with Crippen LogP contribution in [0, 0.1) is 5.92 Å². The second-order valence-electron chi connectivity index (χ2n) is 6.52. The SMILES string of the molecule is COc1cccc([C@@H]2[C@H](Cc3cc(Cl)ccc3OC)CCCN2N)c1. The van der Waals surface area contributed by atoms with Crippen LogP contribution in [0.2, 0.25) is 5.02 Å². The third-order valence-electron chi connectivity index (χ3n) is 4.95. The van der Waals surface area contributed by atoms with Gasteiger partial charge in [-0.1, -0.05) is 23.7 Å². The molecule has 0 aromatic heterocycles. The van der Waals surface area contributed by atoms with Crippen molar-refractivity contribution in [1.82, 2.24) is 5.01 Å². The maximum absolute atomic E-state index is 6.38. The van der Waals surface area contributed by atoms with Crippen LogP contribution in [0.5, 0.6) is 11.5 Å². The van der Waals surface area contributed by atoms with Crippen molar-refractivity contribution in [3.05, 3.63) is 58.6 Å². The van der Waals surface area contributed by atoms with Gasteiger partial charge in [0, 0.05) is 11.6 Å². The van der Waals surface area contributed by atoms with E-state index in [0.29, 0.717) is 5.92 Å². The average molecular weight is 361 g/mol. The predicted octanol–water partition coefficient (Wildman–Crippen LogP) is 4.23. The number of halogens is 1. The van der Waals surface area contributed by atoms with Crippen molar-refractivity contribution in [2.45, 2.75) is 25.3 Å². The molecular weight excluding hydrogens is 336 g/mol. The molecule has 0 saturated carbocycles. The van der Waals surface area contributed by atoms with E-state index in [2.05, 4.69) is 12.1 Å². The number of methoxy groups -OCH3 is 2. The quantitative estimate of drug-likeness (QED) is 0.811. The fourth-order valence-electron chi connectivity index (χ4n) is 3.80. The van der Waals surface area contributed by atoms with Crippen LogP contribution in [0.25, 0.3) is 0 Å². The minimum Gasteiger partial charge on any atom is -0.497 e. The smallest absolute Gasteiger partial charge is 0.122 e. The van der Waals surface area contributed by atoms with Crippen LogP contribution >= 0.6 is 11.6 Å². The van der Waals surface area contributed by atoms with E-state index in [1.807, 2.05) is 35.3 Å². The molecule has 0 amide bonds. The van der Waals surface area contributed by atoms with E-state index in [9.17, 15) is 0 Å². The zero-order valence-corrected chi connectivity index (χ0v) is 15.5. The summed E-state index contributed by atoms with van der Waals surface area (Å²) in [6, 6.07) is 14.1. The predicted molar refractivity (Wildman–Crippen MR) is 101 cm³/mol. The fraction of sp³-hybridized carbons (Fsp3) is 0.400. The van der Waals surface area contributed by atoms with Crippen LogP contribution in [0.4, 0.5) is 0 Å². The maximum Gasteiger partial charge on any atom is 0.122 e. The molecule has 0 unspecified atom stereocenters. The summed E-state index contributed by atoms with van der Waals surface area (Å²) in [7, 11) is 3.39. The highest BCUT2D eigenvalue weighted by Gasteiger charge is 2.32. The van der Waals surface area contributed by atoms with Crippen molar-refractivity contribution in [2.75, 3.05) is 20.8 Å². The third-order valence-corrected chi connectivity index (χ3v) is 5.19. The van der Waals surface area contributed by atoms with Gasteiger partial charge in [-0.3, -0.25) is 5.84 Å². The summed E-state index contributed by atoms with van der Waals surface area (Å²) in [5.41, 5.74) is 2.32. The summed E-state index contributed by atoms with van der Waals surface area (Å²) in [6.45, 7) is 0.894. The van der Waals surface area contributed by atoms with Crippen molar-refractivity contribution in [3.8, 4) is 11.5 Å². The van der Waals surface area contributed by atoms with Crippen molar-refractivity contribution in [3.63, 3.8) is 0 Å². The molecule has 3 rings (SSSR count). The minimum atomic E-state index is 0.146. The lowest BCUT2D eigenvalue weighted by atomic mass is 9.81. The van der Waals surface area contributed by atoms with E-state index < -0.39 is 0 Å². The molecule has 0 bridgehead atoms. The van der Waals surface area contributed by atoms with E-state index in [1.165, 1.54) is 5.56 Å². The van der Waals surface area contributed by atoms with E-state index in [4.69, 9.17) is 26.9 Å². The van der Waals surface area contributed by atoms with Crippen molar-refractivity contribution < 1.29 is 9.47 Å². The van der Waals surface area contributed by atoms with Crippen LogP contribution < -0.4 is 15.3 Å². The van der Waals surface area contributed by atoms with Crippen LogP contribution in [-0.2, 0) is 6.42 Å². The van der Waals surface area contributed by atoms with Gasteiger partial charge in [-0.05, 0) is 66.6 Å². The fourth-order valence-corrected chi connectivity index (χ4v) is 3.99. The van der Waals surface area contributed by atoms with Crippen molar-refractivity contribution in [1.29, 1.82) is 0 Å². The van der Waals surface area contributed by atoms with E-state index in [-0.39, 0.29) is 6.04 Å². The molecule has 1 fully saturated rings. The summed E-state index contributed by atoms with van der Waals surface area (Å²) >= 11 is 6.21. The highest BCUT2D eigenvalue weighted by Crippen LogP contribution is 2.39. The van der Waals surface area contributed by atoms with Gasteiger partial charge in [-0.15, -0.1) is 0 Å². The molecule has 2 aromatic rings. The van der Waals surface area contributed by atoms with Crippen molar-refractivity contribution in [2.24, 2.45) is 11.8 Å². The zero-order chi connectivity index (χ0) is 17.8. The molecule has 1 heterocycles. The first-order valence-electron chi connectivity index (χ1n) is 8.60. The molecule has 134 valence electrons. The van der Waals surface area contributed by atoms with Crippen LogP contribution in [0.15, 0.2) is 42.5 Å². The van der Waals surface area contributed by atoms with Gasteiger partial charge in [0.2, 0.25) is 0 Å². The highest BCUT2D eigenvalue weighted by molar-refractivity contribution is 6.30. The van der Waals surface area contributed by atoms with E-state index in [1.54, 1.807) is 14.2 Å². The molecule has 0 spiro atoms. The Morgan fingerprint density at radius 1 is 1.16 bits per heavy atom. The van der Waals surface area contributed by atoms with Gasteiger partial charge in [0.05, 0.1) is 20.3 Å². The number of ether oxygens (including phenoxy) is 2.